The first-order valence-electron chi connectivity index (χ1n) is 11.9. The van der Waals surface area contributed by atoms with Crippen LogP contribution in [0.2, 0.25) is 0 Å². The summed E-state index contributed by atoms with van der Waals surface area (Å²) in [5.74, 6) is 0.266. The first-order valence-corrected chi connectivity index (χ1v) is 13.4. The molecule has 192 valence electrons. The van der Waals surface area contributed by atoms with E-state index >= 15 is 0 Å². The van der Waals surface area contributed by atoms with Crippen molar-refractivity contribution in [3.05, 3.63) is 109 Å². The number of hydrogen-bond donors (Lipinski definition) is 1. The Labute approximate surface area is 221 Å². The topological polar surface area (TPSA) is 96.0 Å². The number of hydrogen-bond acceptors (Lipinski definition) is 5. The molecule has 4 aromatic rings. The van der Waals surface area contributed by atoms with Crippen LogP contribution in [-0.4, -0.2) is 33.3 Å². The van der Waals surface area contributed by atoms with Crippen LogP contribution in [0.3, 0.4) is 0 Å². The highest BCUT2D eigenvalue weighted by Gasteiger charge is 2.32. The van der Waals surface area contributed by atoms with E-state index in [0.29, 0.717) is 22.9 Å². The molecule has 9 heteroatoms. The van der Waals surface area contributed by atoms with Gasteiger partial charge < -0.3 is 10.1 Å². The molecule has 0 aromatic heterocycles. The first-order chi connectivity index (χ1) is 18.3. The highest BCUT2D eigenvalue weighted by molar-refractivity contribution is 7.92. The number of amides is 2. The quantitative estimate of drug-likeness (QED) is 0.366. The third-order valence-electron chi connectivity index (χ3n) is 6.06. The number of fused-ring (bicyclic) bond motifs is 1. The lowest BCUT2D eigenvalue weighted by molar-refractivity contribution is -0.121. The fraction of sp³-hybridized carbons (Fsp3) is 0.103. The summed E-state index contributed by atoms with van der Waals surface area (Å²) < 4.78 is 34.5. The molecule has 0 aliphatic carbocycles. The molecule has 5 rings (SSSR count). The number of anilines is 3. The van der Waals surface area contributed by atoms with E-state index < -0.39 is 22.5 Å². The maximum absolute atomic E-state index is 13.8. The van der Waals surface area contributed by atoms with Gasteiger partial charge in [0, 0.05) is 0 Å². The molecule has 1 heterocycles. The van der Waals surface area contributed by atoms with Gasteiger partial charge >= 0.3 is 0 Å². The number of carbonyl (C=O) groups excluding carboxylic acids is 2. The van der Waals surface area contributed by atoms with Gasteiger partial charge in [0.25, 0.3) is 10.0 Å². The Morgan fingerprint density at radius 3 is 2.21 bits per heavy atom. The average molecular weight is 528 g/mol. The summed E-state index contributed by atoms with van der Waals surface area (Å²) in [6, 6.07) is 29.0. The zero-order chi connectivity index (χ0) is 26.7. The number of benzene rings is 4. The van der Waals surface area contributed by atoms with Crippen molar-refractivity contribution in [1.82, 2.24) is 0 Å². The van der Waals surface area contributed by atoms with Crippen LogP contribution in [0.15, 0.2) is 108 Å². The number of nitrogens with one attached hydrogen (secondary N) is 1. The molecular weight excluding hydrogens is 502 g/mol. The van der Waals surface area contributed by atoms with Gasteiger partial charge in [0.05, 0.1) is 22.0 Å². The molecule has 1 N–H and O–H groups in total. The van der Waals surface area contributed by atoms with Crippen molar-refractivity contribution in [1.29, 1.82) is 0 Å². The molecule has 2 amide bonds. The van der Waals surface area contributed by atoms with Crippen LogP contribution in [0.25, 0.3) is 0 Å². The highest BCUT2D eigenvalue weighted by Crippen LogP contribution is 2.31. The predicted molar refractivity (Wildman–Crippen MR) is 146 cm³/mol. The van der Waals surface area contributed by atoms with Crippen LogP contribution in [0.5, 0.6) is 11.5 Å². The smallest absolute Gasteiger partial charge is 0.264 e. The van der Waals surface area contributed by atoms with Crippen molar-refractivity contribution in [3.63, 3.8) is 0 Å². The summed E-state index contributed by atoms with van der Waals surface area (Å²) in [6.07, 6.45) is 0. The van der Waals surface area contributed by atoms with Crippen LogP contribution < -0.4 is 19.3 Å². The molecule has 0 fully saturated rings. The van der Waals surface area contributed by atoms with Gasteiger partial charge in [-0.1, -0.05) is 48.0 Å². The summed E-state index contributed by atoms with van der Waals surface area (Å²) in [5.41, 5.74) is 2.20. The van der Waals surface area contributed by atoms with E-state index in [-0.39, 0.29) is 23.0 Å². The number of aryl methyl sites for hydroxylation is 1. The molecule has 0 saturated carbocycles. The number of ether oxygens (including phenoxy) is 1. The second-order valence-electron chi connectivity index (χ2n) is 8.78. The minimum absolute atomic E-state index is 0.0531. The molecule has 0 saturated heterocycles. The third kappa shape index (κ3) is 5.23. The number of rotatable bonds is 7. The summed E-state index contributed by atoms with van der Waals surface area (Å²) in [7, 11) is -4.12. The average Bonchev–Trinajstić information content (AvgIpc) is 2.92. The van der Waals surface area contributed by atoms with Crippen LogP contribution in [0.1, 0.15) is 5.56 Å². The predicted octanol–water partition coefficient (Wildman–Crippen LogP) is 4.97. The van der Waals surface area contributed by atoms with Crippen molar-refractivity contribution in [2.75, 3.05) is 27.6 Å². The summed E-state index contributed by atoms with van der Waals surface area (Å²) in [5, 5.41) is 2.74. The molecule has 8 nitrogen and oxygen atoms in total. The molecule has 0 radical (unpaired) electrons. The SMILES string of the molecule is Cc1ccc(S(=O)(=O)N(CC(=O)N2CC(=O)Nc3ccccc32)c2ccc(Oc3ccccc3)cc2)cc1. The molecule has 4 aromatic carbocycles. The molecular formula is C29H25N3O5S. The van der Waals surface area contributed by atoms with Crippen LogP contribution >= 0.6 is 0 Å². The van der Waals surface area contributed by atoms with E-state index in [1.807, 2.05) is 37.3 Å². The molecule has 38 heavy (non-hydrogen) atoms. The highest BCUT2D eigenvalue weighted by atomic mass is 32.2. The number of sulfonamides is 1. The second kappa shape index (κ2) is 10.4. The number of nitrogens with zero attached hydrogens (tertiary/aromatic N) is 2. The van der Waals surface area contributed by atoms with E-state index in [4.69, 9.17) is 4.74 Å². The maximum Gasteiger partial charge on any atom is 0.264 e. The van der Waals surface area contributed by atoms with E-state index in [1.165, 1.54) is 17.0 Å². The minimum Gasteiger partial charge on any atom is -0.457 e. The normalized spacial score (nSPS) is 12.9. The van der Waals surface area contributed by atoms with E-state index in [2.05, 4.69) is 5.32 Å². The summed E-state index contributed by atoms with van der Waals surface area (Å²) >= 11 is 0. The number of carbonyl (C=O) groups is 2. The Morgan fingerprint density at radius 2 is 1.50 bits per heavy atom. The molecule has 0 bridgehead atoms. The molecule has 0 spiro atoms. The lowest BCUT2D eigenvalue weighted by Gasteiger charge is -2.32. The fourth-order valence-electron chi connectivity index (χ4n) is 4.12. The lowest BCUT2D eigenvalue weighted by Crippen LogP contribution is -2.48. The fourth-order valence-corrected chi connectivity index (χ4v) is 5.54. The first kappa shape index (κ1) is 25.0. The van der Waals surface area contributed by atoms with Crippen molar-refractivity contribution in [3.8, 4) is 11.5 Å². The Balaban J connectivity index is 1.49. The number of para-hydroxylation sites is 3. The van der Waals surface area contributed by atoms with Crippen molar-refractivity contribution >= 4 is 38.9 Å². The minimum atomic E-state index is -4.12. The molecule has 0 unspecified atom stereocenters. The zero-order valence-corrected chi connectivity index (χ0v) is 21.4. The zero-order valence-electron chi connectivity index (χ0n) is 20.6. The van der Waals surface area contributed by atoms with Crippen LogP contribution in [-0.2, 0) is 19.6 Å². The van der Waals surface area contributed by atoms with Gasteiger partial charge in [-0.05, 0) is 67.6 Å². The van der Waals surface area contributed by atoms with Gasteiger partial charge in [0.1, 0.15) is 24.6 Å². The van der Waals surface area contributed by atoms with Crippen molar-refractivity contribution in [2.24, 2.45) is 0 Å². The monoisotopic (exact) mass is 527 g/mol. The van der Waals surface area contributed by atoms with E-state index in [1.54, 1.807) is 60.7 Å². The lowest BCUT2D eigenvalue weighted by atomic mass is 10.2. The van der Waals surface area contributed by atoms with Crippen LogP contribution in [0, 0.1) is 6.92 Å². The summed E-state index contributed by atoms with van der Waals surface area (Å²) in [4.78, 5) is 27.2. The van der Waals surface area contributed by atoms with Gasteiger partial charge in [-0.15, -0.1) is 0 Å². The van der Waals surface area contributed by atoms with Gasteiger partial charge in [0.15, 0.2) is 0 Å². The van der Waals surface area contributed by atoms with Crippen molar-refractivity contribution in [2.45, 2.75) is 11.8 Å². The molecule has 0 atom stereocenters. The standard InChI is InChI=1S/C29H25N3O5S/c1-21-11-17-25(18-12-21)38(35,36)32(22-13-15-24(16-14-22)37-23-7-3-2-4-8-23)20-29(34)31-19-28(33)30-26-9-5-6-10-27(26)31/h2-18H,19-20H2,1H3,(H,30,33). The Morgan fingerprint density at radius 1 is 0.868 bits per heavy atom. The van der Waals surface area contributed by atoms with Crippen LogP contribution in [0.4, 0.5) is 17.1 Å². The van der Waals surface area contributed by atoms with E-state index in [0.717, 1.165) is 9.87 Å². The van der Waals surface area contributed by atoms with Gasteiger partial charge in [0.2, 0.25) is 11.8 Å². The van der Waals surface area contributed by atoms with E-state index in [9.17, 15) is 18.0 Å². The van der Waals surface area contributed by atoms with Crippen molar-refractivity contribution < 1.29 is 22.7 Å². The Kier molecular flexibility index (Phi) is 6.85. The molecule has 1 aliphatic rings. The Hall–Kier alpha value is -4.63. The molecule has 1 aliphatic heterocycles. The van der Waals surface area contributed by atoms with Gasteiger partial charge in [-0.2, -0.15) is 0 Å². The van der Waals surface area contributed by atoms with Gasteiger partial charge in [-0.25, -0.2) is 8.42 Å². The second-order valence-corrected chi connectivity index (χ2v) is 10.6. The maximum atomic E-state index is 13.8. The Bertz CT molecular complexity index is 1570. The van der Waals surface area contributed by atoms with Gasteiger partial charge in [-0.3, -0.25) is 18.8 Å². The third-order valence-corrected chi connectivity index (χ3v) is 7.85. The summed E-state index contributed by atoms with van der Waals surface area (Å²) in [6.45, 7) is 1.15. The largest absolute Gasteiger partial charge is 0.457 e.